The van der Waals surface area contributed by atoms with Crippen molar-refractivity contribution in [1.82, 2.24) is 19.4 Å². The Kier molecular flexibility index (Phi) is 5.42. The summed E-state index contributed by atoms with van der Waals surface area (Å²) in [6, 6.07) is 5.35. The fourth-order valence-corrected chi connectivity index (χ4v) is 3.81. The second-order valence-electron chi connectivity index (χ2n) is 7.33. The largest absolute Gasteiger partial charge is 0.449 e. The van der Waals surface area contributed by atoms with Crippen molar-refractivity contribution >= 4 is 16.9 Å². The summed E-state index contributed by atoms with van der Waals surface area (Å²) in [5.41, 5.74) is 0.525. The van der Waals surface area contributed by atoms with E-state index in [2.05, 4.69) is 9.97 Å². The molecule has 31 heavy (non-hydrogen) atoms. The van der Waals surface area contributed by atoms with Gasteiger partial charge in [-0.1, -0.05) is 6.07 Å². The van der Waals surface area contributed by atoms with Crippen molar-refractivity contribution in [1.29, 1.82) is 0 Å². The molecule has 0 spiro atoms. The Morgan fingerprint density at radius 2 is 2.06 bits per heavy atom. The SMILES string of the molecule is CCn1c(C(F)(F)F)nc2c(-c3ccc(C(=O)N4CCO[C@@H](C)C4)c(F)c3)nccc21. The highest BCUT2D eigenvalue weighted by Crippen LogP contribution is 2.34. The molecule has 4 rings (SSSR count). The highest BCUT2D eigenvalue weighted by Gasteiger charge is 2.37. The van der Waals surface area contributed by atoms with Crippen LogP contribution >= 0.6 is 0 Å². The van der Waals surface area contributed by atoms with Gasteiger partial charge < -0.3 is 14.2 Å². The maximum absolute atomic E-state index is 14.9. The van der Waals surface area contributed by atoms with E-state index in [0.717, 1.165) is 10.6 Å². The number of aromatic nitrogens is 3. The van der Waals surface area contributed by atoms with Crippen molar-refractivity contribution in [2.45, 2.75) is 32.7 Å². The first-order valence-corrected chi connectivity index (χ1v) is 9.84. The van der Waals surface area contributed by atoms with Crippen LogP contribution in [-0.4, -0.2) is 51.1 Å². The summed E-state index contributed by atoms with van der Waals surface area (Å²) in [6.07, 6.45) is -3.42. The quantitative estimate of drug-likeness (QED) is 0.579. The molecule has 0 N–H and O–H groups in total. The number of benzene rings is 1. The molecule has 1 aromatic carbocycles. The molecule has 3 aromatic rings. The number of carbonyl (C=O) groups is 1. The van der Waals surface area contributed by atoms with Gasteiger partial charge in [0.15, 0.2) is 0 Å². The summed E-state index contributed by atoms with van der Waals surface area (Å²) >= 11 is 0. The first-order chi connectivity index (χ1) is 14.7. The summed E-state index contributed by atoms with van der Waals surface area (Å²) in [4.78, 5) is 22.1. The van der Waals surface area contributed by atoms with Crippen LogP contribution in [0.5, 0.6) is 0 Å². The third-order valence-corrected chi connectivity index (χ3v) is 5.24. The predicted octanol–water partition coefficient (Wildman–Crippen LogP) is 4.14. The van der Waals surface area contributed by atoms with Gasteiger partial charge in [0.05, 0.1) is 29.5 Å². The number of morpholine rings is 1. The average Bonchev–Trinajstić information content (AvgIpc) is 3.12. The van der Waals surface area contributed by atoms with Crippen molar-refractivity contribution in [2.75, 3.05) is 19.7 Å². The van der Waals surface area contributed by atoms with Crippen molar-refractivity contribution in [2.24, 2.45) is 0 Å². The standard InChI is InChI=1S/C21H20F4N4O2/c1-3-29-16-6-7-26-17(18(16)27-20(29)21(23,24)25)13-4-5-14(15(22)10-13)19(30)28-8-9-31-12(2)11-28/h4-7,10,12H,3,8-9,11H2,1-2H3/t12-/m0/s1. The molecule has 0 radical (unpaired) electrons. The van der Waals surface area contributed by atoms with E-state index in [1.807, 2.05) is 6.92 Å². The molecule has 6 nitrogen and oxygen atoms in total. The van der Waals surface area contributed by atoms with E-state index in [4.69, 9.17) is 4.74 Å². The normalized spacial score (nSPS) is 17.4. The number of pyridine rings is 1. The van der Waals surface area contributed by atoms with Gasteiger partial charge in [-0.2, -0.15) is 13.2 Å². The van der Waals surface area contributed by atoms with Crippen LogP contribution < -0.4 is 0 Å². The summed E-state index contributed by atoms with van der Waals surface area (Å²) in [7, 11) is 0. The van der Waals surface area contributed by atoms with Crippen LogP contribution in [0, 0.1) is 5.82 Å². The zero-order valence-electron chi connectivity index (χ0n) is 16.9. The van der Waals surface area contributed by atoms with Gasteiger partial charge in [-0.05, 0) is 32.0 Å². The van der Waals surface area contributed by atoms with Gasteiger partial charge in [0.2, 0.25) is 5.82 Å². The molecular weight excluding hydrogens is 416 g/mol. The number of halogens is 4. The lowest BCUT2D eigenvalue weighted by atomic mass is 10.1. The van der Waals surface area contributed by atoms with E-state index in [1.54, 1.807) is 6.92 Å². The number of imidazole rings is 1. The van der Waals surface area contributed by atoms with Crippen molar-refractivity contribution in [3.05, 3.63) is 47.7 Å². The number of aryl methyl sites for hydroxylation is 1. The molecule has 1 atom stereocenters. The minimum atomic E-state index is -4.64. The van der Waals surface area contributed by atoms with Gasteiger partial charge in [-0.3, -0.25) is 9.78 Å². The number of carbonyl (C=O) groups excluding carboxylic acids is 1. The number of ether oxygens (including phenoxy) is 1. The molecule has 1 aliphatic heterocycles. The maximum atomic E-state index is 14.9. The molecule has 1 fully saturated rings. The van der Waals surface area contributed by atoms with E-state index in [0.29, 0.717) is 19.7 Å². The second kappa shape index (κ2) is 7.92. The molecule has 0 unspecified atom stereocenters. The highest BCUT2D eigenvalue weighted by molar-refractivity contribution is 5.96. The molecule has 10 heteroatoms. The Morgan fingerprint density at radius 3 is 2.71 bits per heavy atom. The fraction of sp³-hybridized carbons (Fsp3) is 0.381. The average molecular weight is 436 g/mol. The van der Waals surface area contributed by atoms with E-state index in [-0.39, 0.29) is 40.5 Å². The van der Waals surface area contributed by atoms with Crippen LogP contribution in [0.4, 0.5) is 17.6 Å². The van der Waals surface area contributed by atoms with E-state index in [9.17, 15) is 22.4 Å². The van der Waals surface area contributed by atoms with Gasteiger partial charge in [-0.15, -0.1) is 0 Å². The number of rotatable bonds is 3. The summed E-state index contributed by atoms with van der Waals surface area (Å²) in [5, 5.41) is 0. The lowest BCUT2D eigenvalue weighted by Gasteiger charge is -2.31. The molecule has 0 bridgehead atoms. The molecular formula is C21H20F4N4O2. The summed E-state index contributed by atoms with van der Waals surface area (Å²) < 4.78 is 61.5. The van der Waals surface area contributed by atoms with E-state index in [1.165, 1.54) is 29.3 Å². The van der Waals surface area contributed by atoms with Crippen LogP contribution in [0.25, 0.3) is 22.3 Å². The first-order valence-electron chi connectivity index (χ1n) is 9.84. The van der Waals surface area contributed by atoms with Gasteiger partial charge in [0, 0.05) is 31.4 Å². The Bertz CT molecular complexity index is 1140. The molecule has 1 aliphatic rings. The third-order valence-electron chi connectivity index (χ3n) is 5.24. The third kappa shape index (κ3) is 3.87. The van der Waals surface area contributed by atoms with E-state index >= 15 is 0 Å². The molecule has 164 valence electrons. The Hall–Kier alpha value is -3.01. The lowest BCUT2D eigenvalue weighted by Crippen LogP contribution is -2.44. The van der Waals surface area contributed by atoms with Gasteiger partial charge >= 0.3 is 6.18 Å². The minimum absolute atomic E-state index is 0.0251. The summed E-state index contributed by atoms with van der Waals surface area (Å²) in [6.45, 7) is 4.57. The zero-order chi connectivity index (χ0) is 22.3. The van der Waals surface area contributed by atoms with Gasteiger partial charge in [-0.25, -0.2) is 9.37 Å². The van der Waals surface area contributed by atoms with Crippen molar-refractivity contribution in [3.63, 3.8) is 0 Å². The van der Waals surface area contributed by atoms with Gasteiger partial charge in [0.1, 0.15) is 11.3 Å². The highest BCUT2D eigenvalue weighted by atomic mass is 19.4. The van der Waals surface area contributed by atoms with Crippen LogP contribution in [0.15, 0.2) is 30.5 Å². The van der Waals surface area contributed by atoms with Crippen molar-refractivity contribution < 1.29 is 27.1 Å². The molecule has 3 heterocycles. The van der Waals surface area contributed by atoms with Gasteiger partial charge in [0.25, 0.3) is 5.91 Å². The predicted molar refractivity (Wildman–Crippen MR) is 105 cm³/mol. The number of fused-ring (bicyclic) bond motifs is 1. The lowest BCUT2D eigenvalue weighted by molar-refractivity contribution is -0.146. The topological polar surface area (TPSA) is 60.2 Å². The molecule has 1 saturated heterocycles. The molecule has 0 aliphatic carbocycles. The Labute approximate surface area is 175 Å². The Morgan fingerprint density at radius 1 is 1.29 bits per heavy atom. The molecule has 2 aromatic heterocycles. The Balaban J connectivity index is 1.75. The monoisotopic (exact) mass is 436 g/mol. The first kappa shape index (κ1) is 21.2. The fourth-order valence-electron chi connectivity index (χ4n) is 3.81. The summed E-state index contributed by atoms with van der Waals surface area (Å²) in [5.74, 6) is -2.26. The van der Waals surface area contributed by atoms with Crippen molar-refractivity contribution in [3.8, 4) is 11.3 Å². The van der Waals surface area contributed by atoms with Crippen LogP contribution in [0.1, 0.15) is 30.0 Å². The number of amides is 1. The number of nitrogens with zero attached hydrogens (tertiary/aromatic N) is 4. The smallest absolute Gasteiger partial charge is 0.375 e. The van der Waals surface area contributed by atoms with E-state index < -0.39 is 23.7 Å². The zero-order valence-corrected chi connectivity index (χ0v) is 16.9. The number of hydrogen-bond donors (Lipinski definition) is 0. The van der Waals surface area contributed by atoms with Crippen LogP contribution in [0.2, 0.25) is 0 Å². The van der Waals surface area contributed by atoms with Crippen LogP contribution in [0.3, 0.4) is 0 Å². The number of hydrogen-bond acceptors (Lipinski definition) is 4. The minimum Gasteiger partial charge on any atom is -0.375 e. The van der Waals surface area contributed by atoms with Crippen LogP contribution in [-0.2, 0) is 17.5 Å². The molecule has 1 amide bonds. The second-order valence-corrected chi connectivity index (χ2v) is 7.33. The maximum Gasteiger partial charge on any atom is 0.449 e. The molecule has 0 saturated carbocycles. The number of alkyl halides is 3.